The lowest BCUT2D eigenvalue weighted by molar-refractivity contribution is 1.36. The molecule has 0 unspecified atom stereocenters. The first-order valence-electron chi connectivity index (χ1n) is 4.05. The van der Waals surface area contributed by atoms with Gasteiger partial charge in [0.15, 0.2) is 0 Å². The Morgan fingerprint density at radius 2 is 2.00 bits per heavy atom. The van der Waals surface area contributed by atoms with E-state index in [1.54, 1.807) is 0 Å². The molecule has 1 aromatic carbocycles. The third-order valence-corrected chi connectivity index (χ3v) is 2.30. The second kappa shape index (κ2) is 5.55. The van der Waals surface area contributed by atoms with Crippen LogP contribution in [-0.4, -0.2) is 0 Å². The van der Waals surface area contributed by atoms with Crippen LogP contribution in [0.3, 0.4) is 0 Å². The molecule has 0 bridgehead atoms. The van der Waals surface area contributed by atoms with Gasteiger partial charge in [-0.1, -0.05) is 52.3 Å². The van der Waals surface area contributed by atoms with Gasteiger partial charge in [-0.2, -0.15) is 5.26 Å². The van der Waals surface area contributed by atoms with Crippen molar-refractivity contribution in [1.29, 1.82) is 5.26 Å². The standard InChI is InChI=1S/C11H10BrN/c12-9-11-6-4-10(5-7-11)3-1-2-8-13/h1,3-7H,2,9H2. The summed E-state index contributed by atoms with van der Waals surface area (Å²) in [7, 11) is 0. The average molecular weight is 236 g/mol. The minimum Gasteiger partial charge on any atom is -0.198 e. The normalized spacial score (nSPS) is 10.2. The number of rotatable bonds is 3. The van der Waals surface area contributed by atoms with Gasteiger partial charge in [-0.05, 0) is 11.1 Å². The lowest BCUT2D eigenvalue weighted by atomic mass is 10.1. The Balaban J connectivity index is 2.65. The van der Waals surface area contributed by atoms with Crippen molar-refractivity contribution in [3.63, 3.8) is 0 Å². The molecule has 0 saturated heterocycles. The van der Waals surface area contributed by atoms with Crippen LogP contribution in [0.2, 0.25) is 0 Å². The van der Waals surface area contributed by atoms with Crippen molar-refractivity contribution in [3.8, 4) is 6.07 Å². The summed E-state index contributed by atoms with van der Waals surface area (Å²) in [6.45, 7) is 0. The Morgan fingerprint density at radius 3 is 2.54 bits per heavy atom. The molecule has 0 heterocycles. The Hall–Kier alpha value is -1.07. The van der Waals surface area contributed by atoms with E-state index < -0.39 is 0 Å². The predicted octanol–water partition coefficient (Wildman–Crippen LogP) is 3.51. The van der Waals surface area contributed by atoms with Crippen molar-refractivity contribution >= 4 is 22.0 Å². The molecule has 1 rings (SSSR count). The molecule has 66 valence electrons. The summed E-state index contributed by atoms with van der Waals surface area (Å²) in [6.07, 6.45) is 4.30. The Kier molecular flexibility index (Phi) is 4.28. The van der Waals surface area contributed by atoms with Crippen LogP contribution in [0.4, 0.5) is 0 Å². The van der Waals surface area contributed by atoms with Crippen molar-refractivity contribution in [2.45, 2.75) is 11.8 Å². The first kappa shape index (κ1) is 10.0. The van der Waals surface area contributed by atoms with Crippen molar-refractivity contribution in [2.24, 2.45) is 0 Å². The van der Waals surface area contributed by atoms with Gasteiger partial charge >= 0.3 is 0 Å². The first-order chi connectivity index (χ1) is 6.36. The number of alkyl halides is 1. The Morgan fingerprint density at radius 1 is 1.31 bits per heavy atom. The molecule has 0 saturated carbocycles. The van der Waals surface area contributed by atoms with Crippen LogP contribution in [0.15, 0.2) is 30.3 Å². The van der Waals surface area contributed by atoms with Crippen LogP contribution in [0, 0.1) is 11.3 Å². The highest BCUT2D eigenvalue weighted by Crippen LogP contribution is 2.09. The van der Waals surface area contributed by atoms with Crippen molar-refractivity contribution in [3.05, 3.63) is 41.5 Å². The highest BCUT2D eigenvalue weighted by Gasteiger charge is 1.88. The summed E-state index contributed by atoms with van der Waals surface area (Å²) in [5, 5.41) is 9.20. The van der Waals surface area contributed by atoms with Gasteiger partial charge in [-0.15, -0.1) is 0 Å². The van der Waals surface area contributed by atoms with Gasteiger partial charge in [0, 0.05) is 5.33 Å². The SMILES string of the molecule is N#CCC=Cc1ccc(CBr)cc1. The van der Waals surface area contributed by atoms with Gasteiger partial charge in [0.25, 0.3) is 0 Å². The molecular formula is C11H10BrN. The Bertz CT molecular complexity index is 319. The fraction of sp³-hybridized carbons (Fsp3) is 0.182. The van der Waals surface area contributed by atoms with Gasteiger partial charge in [0.1, 0.15) is 0 Å². The molecule has 1 aromatic rings. The van der Waals surface area contributed by atoms with E-state index in [1.165, 1.54) is 5.56 Å². The van der Waals surface area contributed by atoms with Crippen LogP contribution in [-0.2, 0) is 5.33 Å². The van der Waals surface area contributed by atoms with Crippen LogP contribution in [0.5, 0.6) is 0 Å². The lowest BCUT2D eigenvalue weighted by Crippen LogP contribution is -1.76. The maximum absolute atomic E-state index is 8.32. The first-order valence-corrected chi connectivity index (χ1v) is 5.17. The van der Waals surface area contributed by atoms with E-state index in [2.05, 4.69) is 34.1 Å². The van der Waals surface area contributed by atoms with E-state index >= 15 is 0 Å². The number of halogens is 1. The predicted molar refractivity (Wildman–Crippen MR) is 58.3 cm³/mol. The van der Waals surface area contributed by atoms with Crippen LogP contribution in [0.25, 0.3) is 6.08 Å². The molecule has 13 heavy (non-hydrogen) atoms. The van der Waals surface area contributed by atoms with Crippen molar-refractivity contribution < 1.29 is 0 Å². The molecule has 1 nitrogen and oxygen atoms in total. The summed E-state index contributed by atoms with van der Waals surface area (Å²) in [5.74, 6) is 0. The minimum absolute atomic E-state index is 0.472. The zero-order valence-corrected chi connectivity index (χ0v) is 8.79. The number of nitrogens with zero attached hydrogens (tertiary/aromatic N) is 1. The molecule has 0 radical (unpaired) electrons. The van der Waals surface area contributed by atoms with Crippen LogP contribution in [0.1, 0.15) is 17.5 Å². The molecule has 0 aliphatic heterocycles. The smallest absolute Gasteiger partial charge is 0.0663 e. The van der Waals surface area contributed by atoms with Gasteiger partial charge in [0.2, 0.25) is 0 Å². The van der Waals surface area contributed by atoms with Gasteiger partial charge in [0.05, 0.1) is 12.5 Å². The number of benzene rings is 1. The topological polar surface area (TPSA) is 23.8 Å². The highest BCUT2D eigenvalue weighted by molar-refractivity contribution is 9.08. The van der Waals surface area contributed by atoms with Gasteiger partial charge in [-0.25, -0.2) is 0 Å². The number of hydrogen-bond acceptors (Lipinski definition) is 1. The Labute approximate surface area is 86.8 Å². The van der Waals surface area contributed by atoms with Crippen LogP contribution < -0.4 is 0 Å². The van der Waals surface area contributed by atoms with E-state index in [0.717, 1.165) is 10.9 Å². The molecule has 0 aliphatic rings. The molecule has 0 atom stereocenters. The largest absolute Gasteiger partial charge is 0.198 e. The van der Waals surface area contributed by atoms with Gasteiger partial charge < -0.3 is 0 Å². The van der Waals surface area contributed by atoms with E-state index in [0.29, 0.717) is 6.42 Å². The molecule has 0 amide bonds. The highest BCUT2D eigenvalue weighted by atomic mass is 79.9. The third kappa shape index (κ3) is 3.43. The van der Waals surface area contributed by atoms with E-state index in [1.807, 2.05) is 24.3 Å². The zero-order chi connectivity index (χ0) is 9.52. The number of nitriles is 1. The van der Waals surface area contributed by atoms with E-state index in [-0.39, 0.29) is 0 Å². The summed E-state index contributed by atoms with van der Waals surface area (Å²) in [6, 6.07) is 10.3. The van der Waals surface area contributed by atoms with Crippen molar-refractivity contribution in [2.75, 3.05) is 0 Å². The summed E-state index contributed by atoms with van der Waals surface area (Å²) < 4.78 is 0. The second-order valence-electron chi connectivity index (χ2n) is 2.64. The lowest BCUT2D eigenvalue weighted by Gasteiger charge is -1.95. The molecule has 0 spiro atoms. The molecule has 0 N–H and O–H groups in total. The molecular weight excluding hydrogens is 226 g/mol. The molecule has 0 fully saturated rings. The number of hydrogen-bond donors (Lipinski definition) is 0. The monoisotopic (exact) mass is 235 g/mol. The van der Waals surface area contributed by atoms with Crippen LogP contribution >= 0.6 is 15.9 Å². The third-order valence-electron chi connectivity index (χ3n) is 1.65. The average Bonchev–Trinajstić information content (AvgIpc) is 2.19. The fourth-order valence-electron chi connectivity index (χ4n) is 0.966. The minimum atomic E-state index is 0.472. The molecule has 0 aliphatic carbocycles. The maximum Gasteiger partial charge on any atom is 0.0663 e. The fourth-order valence-corrected chi connectivity index (χ4v) is 1.34. The van der Waals surface area contributed by atoms with Gasteiger partial charge in [-0.3, -0.25) is 0 Å². The zero-order valence-electron chi connectivity index (χ0n) is 7.20. The van der Waals surface area contributed by atoms with Crippen molar-refractivity contribution in [1.82, 2.24) is 0 Å². The maximum atomic E-state index is 8.32. The summed E-state index contributed by atoms with van der Waals surface area (Å²) in [4.78, 5) is 0. The summed E-state index contributed by atoms with van der Waals surface area (Å²) in [5.41, 5.74) is 2.40. The van der Waals surface area contributed by atoms with E-state index in [4.69, 9.17) is 5.26 Å². The molecule has 2 heteroatoms. The molecule has 0 aromatic heterocycles. The quantitative estimate of drug-likeness (QED) is 0.736. The summed E-state index contributed by atoms with van der Waals surface area (Å²) >= 11 is 3.38. The number of allylic oxidation sites excluding steroid dienone is 1. The van der Waals surface area contributed by atoms with E-state index in [9.17, 15) is 0 Å². The second-order valence-corrected chi connectivity index (χ2v) is 3.20.